The van der Waals surface area contributed by atoms with Crippen molar-refractivity contribution in [2.75, 3.05) is 12.8 Å². The Kier molecular flexibility index (Phi) is 3.32. The topological polar surface area (TPSA) is 109 Å². The average Bonchev–Trinajstić information content (AvgIpc) is 2.65. The molecule has 2 heterocycles. The largest absolute Gasteiger partial charge is 0.481 e. The van der Waals surface area contributed by atoms with Gasteiger partial charge in [-0.3, -0.25) is 10.1 Å². The molecule has 0 aromatic carbocycles. The molecule has 0 bridgehead atoms. The highest BCUT2D eigenvalue weighted by Crippen LogP contribution is 2.25. The van der Waals surface area contributed by atoms with E-state index in [1.165, 1.54) is 11.8 Å². The number of hydrogen-bond donors (Lipinski definition) is 1. The van der Waals surface area contributed by atoms with Crippen molar-refractivity contribution in [1.29, 1.82) is 0 Å². The van der Waals surface area contributed by atoms with E-state index in [9.17, 15) is 10.1 Å². The Hall–Kier alpha value is -2.64. The highest BCUT2D eigenvalue weighted by atomic mass is 16.6. The summed E-state index contributed by atoms with van der Waals surface area (Å²) >= 11 is 0. The van der Waals surface area contributed by atoms with Crippen molar-refractivity contribution in [2.24, 2.45) is 0 Å². The minimum Gasteiger partial charge on any atom is -0.481 e. The highest BCUT2D eigenvalue weighted by Gasteiger charge is 2.22. The maximum Gasteiger partial charge on any atom is 0.333 e. The summed E-state index contributed by atoms with van der Waals surface area (Å²) in [6, 6.07) is 3.50. The molecule has 0 spiro atoms. The lowest BCUT2D eigenvalue weighted by atomic mass is 10.3. The van der Waals surface area contributed by atoms with E-state index in [2.05, 4.69) is 10.1 Å². The Morgan fingerprint density at radius 2 is 2.26 bits per heavy atom. The second kappa shape index (κ2) is 4.92. The normalized spacial score (nSPS) is 10.4. The molecule has 0 fully saturated rings. The molecule has 2 aromatic rings. The number of rotatable bonds is 4. The van der Waals surface area contributed by atoms with Crippen LogP contribution in [0.4, 0.5) is 11.5 Å². The van der Waals surface area contributed by atoms with Crippen LogP contribution in [0.2, 0.25) is 0 Å². The maximum absolute atomic E-state index is 10.8. The molecule has 2 N–H and O–H groups in total. The fourth-order valence-electron chi connectivity index (χ4n) is 1.73. The molecule has 0 atom stereocenters. The minimum absolute atomic E-state index is 0.0401. The molecule has 2 rings (SSSR count). The molecule has 0 aliphatic heterocycles. The van der Waals surface area contributed by atoms with Gasteiger partial charge in [0, 0.05) is 12.3 Å². The van der Waals surface area contributed by atoms with Gasteiger partial charge in [0.15, 0.2) is 0 Å². The Balaban J connectivity index is 2.28. The molecule has 2 aromatic heterocycles. The molecule has 100 valence electrons. The van der Waals surface area contributed by atoms with Gasteiger partial charge in [0.25, 0.3) is 0 Å². The van der Waals surface area contributed by atoms with E-state index >= 15 is 0 Å². The molecule has 0 amide bonds. The lowest BCUT2D eigenvalue weighted by molar-refractivity contribution is -0.384. The van der Waals surface area contributed by atoms with Crippen molar-refractivity contribution in [1.82, 2.24) is 14.8 Å². The fraction of sp³-hybridized carbons (Fsp3) is 0.273. The number of nitrogens with zero attached hydrogens (tertiary/aromatic N) is 4. The van der Waals surface area contributed by atoms with Crippen molar-refractivity contribution >= 4 is 11.5 Å². The third-order valence-corrected chi connectivity index (χ3v) is 2.66. The van der Waals surface area contributed by atoms with E-state index in [1.807, 2.05) is 0 Å². The molecule has 8 nitrogen and oxygen atoms in total. The van der Waals surface area contributed by atoms with Crippen LogP contribution in [0, 0.1) is 17.0 Å². The van der Waals surface area contributed by atoms with Crippen LogP contribution < -0.4 is 10.5 Å². The van der Waals surface area contributed by atoms with Crippen molar-refractivity contribution in [3.8, 4) is 5.88 Å². The Bertz CT molecular complexity index is 606. The number of pyridine rings is 1. The van der Waals surface area contributed by atoms with Crippen LogP contribution in [0.3, 0.4) is 0 Å². The molecule has 0 saturated heterocycles. The quantitative estimate of drug-likeness (QED) is 0.654. The molecule has 0 radical (unpaired) electrons. The highest BCUT2D eigenvalue weighted by molar-refractivity contribution is 5.56. The number of methoxy groups -OCH3 is 1. The summed E-state index contributed by atoms with van der Waals surface area (Å²) in [5.74, 6) is 0.540. The van der Waals surface area contributed by atoms with Crippen molar-refractivity contribution in [2.45, 2.75) is 13.5 Å². The van der Waals surface area contributed by atoms with Crippen LogP contribution in [-0.4, -0.2) is 26.8 Å². The van der Waals surface area contributed by atoms with Crippen molar-refractivity contribution in [3.63, 3.8) is 0 Å². The van der Waals surface area contributed by atoms with Crippen LogP contribution in [-0.2, 0) is 6.54 Å². The van der Waals surface area contributed by atoms with Gasteiger partial charge in [-0.15, -0.1) is 0 Å². The Labute approximate surface area is 109 Å². The second-order valence-corrected chi connectivity index (χ2v) is 3.94. The number of hydrogen-bond acceptors (Lipinski definition) is 6. The predicted molar refractivity (Wildman–Crippen MR) is 67.9 cm³/mol. The first-order valence-corrected chi connectivity index (χ1v) is 5.49. The molecule has 8 heteroatoms. The first-order chi connectivity index (χ1) is 9.02. The van der Waals surface area contributed by atoms with Crippen LogP contribution >= 0.6 is 0 Å². The lowest BCUT2D eigenvalue weighted by Gasteiger charge is -2.04. The van der Waals surface area contributed by atoms with Gasteiger partial charge in [-0.05, 0) is 12.5 Å². The number of aromatic nitrogens is 3. The van der Waals surface area contributed by atoms with Gasteiger partial charge >= 0.3 is 5.69 Å². The average molecular weight is 263 g/mol. The summed E-state index contributed by atoms with van der Waals surface area (Å²) in [4.78, 5) is 14.4. The molecule has 0 aliphatic carbocycles. The third-order valence-electron chi connectivity index (χ3n) is 2.66. The summed E-state index contributed by atoms with van der Waals surface area (Å²) in [6.07, 6.45) is 1.61. The van der Waals surface area contributed by atoms with Crippen LogP contribution in [0.25, 0.3) is 0 Å². The molecular weight excluding hydrogens is 250 g/mol. The first-order valence-electron chi connectivity index (χ1n) is 5.49. The van der Waals surface area contributed by atoms with Gasteiger partial charge in [0.2, 0.25) is 11.7 Å². The smallest absolute Gasteiger partial charge is 0.333 e. The number of nitro groups is 1. The summed E-state index contributed by atoms with van der Waals surface area (Å²) in [7, 11) is 1.53. The number of nitrogens with two attached hydrogens (primary N) is 1. The van der Waals surface area contributed by atoms with Gasteiger partial charge in [-0.1, -0.05) is 6.07 Å². The van der Waals surface area contributed by atoms with Crippen LogP contribution in [0.1, 0.15) is 11.3 Å². The third kappa shape index (κ3) is 2.46. The number of ether oxygens (including phenoxy) is 1. The Morgan fingerprint density at radius 1 is 1.53 bits per heavy atom. The molecular formula is C11H13N5O3. The van der Waals surface area contributed by atoms with Crippen molar-refractivity contribution < 1.29 is 9.66 Å². The van der Waals surface area contributed by atoms with Gasteiger partial charge < -0.3 is 10.5 Å². The molecule has 19 heavy (non-hydrogen) atoms. The number of anilines is 1. The summed E-state index contributed by atoms with van der Waals surface area (Å²) in [5.41, 5.74) is 6.69. The summed E-state index contributed by atoms with van der Waals surface area (Å²) < 4.78 is 6.34. The number of aryl methyl sites for hydroxylation is 1. The van der Waals surface area contributed by atoms with Crippen LogP contribution in [0.5, 0.6) is 5.88 Å². The first kappa shape index (κ1) is 12.8. The summed E-state index contributed by atoms with van der Waals surface area (Å²) in [6.45, 7) is 1.87. The lowest BCUT2D eigenvalue weighted by Crippen LogP contribution is -2.07. The second-order valence-electron chi connectivity index (χ2n) is 3.94. The minimum atomic E-state index is -0.527. The van der Waals surface area contributed by atoms with E-state index in [1.54, 1.807) is 25.3 Å². The standard InChI is InChI=1S/C11H13N5O3/c1-7-10(16(17)18)11(12)15(14-7)6-8-3-4-9(19-2)13-5-8/h3-5H,6,12H2,1-2H3. The van der Waals surface area contributed by atoms with Gasteiger partial charge in [-0.2, -0.15) is 5.10 Å². The van der Waals surface area contributed by atoms with E-state index in [4.69, 9.17) is 10.5 Å². The number of nitrogen functional groups attached to an aromatic ring is 1. The van der Waals surface area contributed by atoms with E-state index in [0.29, 0.717) is 18.1 Å². The van der Waals surface area contributed by atoms with Crippen LogP contribution in [0.15, 0.2) is 18.3 Å². The molecule has 0 saturated carbocycles. The molecule has 0 unspecified atom stereocenters. The monoisotopic (exact) mass is 263 g/mol. The predicted octanol–water partition coefficient (Wildman–Crippen LogP) is 1.13. The van der Waals surface area contributed by atoms with E-state index < -0.39 is 4.92 Å². The van der Waals surface area contributed by atoms with E-state index in [-0.39, 0.29) is 11.5 Å². The zero-order chi connectivity index (χ0) is 14.0. The zero-order valence-corrected chi connectivity index (χ0v) is 10.5. The maximum atomic E-state index is 10.8. The summed E-state index contributed by atoms with van der Waals surface area (Å²) in [5, 5.41) is 14.9. The Morgan fingerprint density at radius 3 is 2.74 bits per heavy atom. The molecule has 0 aliphatic rings. The fourth-order valence-corrected chi connectivity index (χ4v) is 1.73. The van der Waals surface area contributed by atoms with E-state index in [0.717, 1.165) is 5.56 Å². The van der Waals surface area contributed by atoms with Crippen molar-refractivity contribution in [3.05, 3.63) is 39.7 Å². The van der Waals surface area contributed by atoms with Gasteiger partial charge in [0.05, 0.1) is 18.6 Å². The zero-order valence-electron chi connectivity index (χ0n) is 10.5. The van der Waals surface area contributed by atoms with Gasteiger partial charge in [-0.25, -0.2) is 9.67 Å². The van der Waals surface area contributed by atoms with Gasteiger partial charge in [0.1, 0.15) is 5.69 Å². The SMILES string of the molecule is COc1ccc(Cn2nc(C)c([N+](=O)[O-])c2N)cn1.